The first kappa shape index (κ1) is 41.7. The van der Waals surface area contributed by atoms with E-state index in [9.17, 15) is 0 Å². The minimum atomic E-state index is -4.67. The van der Waals surface area contributed by atoms with E-state index >= 15 is 0 Å². The van der Waals surface area contributed by atoms with Crippen LogP contribution in [0.1, 0.15) is 69.1 Å². The largest absolute Gasteiger partial charge is 0.494 e. The normalized spacial score (nSPS) is 20.5. The van der Waals surface area contributed by atoms with E-state index in [4.69, 9.17) is 36.5 Å². The van der Waals surface area contributed by atoms with Crippen molar-refractivity contribution < 1.29 is 36.5 Å². The van der Waals surface area contributed by atoms with Crippen molar-refractivity contribution in [1.29, 1.82) is 0 Å². The van der Waals surface area contributed by atoms with Crippen LogP contribution >= 0.6 is 12.4 Å². The Bertz CT molecular complexity index is 1370. The Hall–Kier alpha value is -2.74. The van der Waals surface area contributed by atoms with Crippen molar-refractivity contribution in [1.82, 2.24) is 9.80 Å². The van der Waals surface area contributed by atoms with Crippen LogP contribution in [-0.2, 0) is 19.9 Å². The molecule has 3 aliphatic heterocycles. The van der Waals surface area contributed by atoms with E-state index in [0.29, 0.717) is 18.2 Å². The zero-order valence-electron chi connectivity index (χ0n) is 29.3. The van der Waals surface area contributed by atoms with Crippen molar-refractivity contribution in [2.24, 2.45) is 0 Å². The lowest BCUT2D eigenvalue weighted by Crippen LogP contribution is -2.43. The van der Waals surface area contributed by atoms with Gasteiger partial charge >= 0.3 is 10.4 Å². The van der Waals surface area contributed by atoms with Crippen LogP contribution in [0.3, 0.4) is 0 Å². The molecule has 3 heterocycles. The van der Waals surface area contributed by atoms with Gasteiger partial charge in [-0.05, 0) is 81.0 Å². The number of rotatable bonds is 13. The van der Waals surface area contributed by atoms with Gasteiger partial charge in [-0.3, -0.25) is 14.0 Å². The van der Waals surface area contributed by atoms with Crippen LogP contribution in [0.2, 0.25) is 0 Å². The molecule has 3 saturated heterocycles. The molecule has 12 heteroatoms. The minimum Gasteiger partial charge on any atom is -0.494 e. The molecule has 0 amide bonds. The summed E-state index contributed by atoms with van der Waals surface area (Å²) in [5.41, 5.74) is 2.51. The lowest BCUT2D eigenvalue weighted by molar-refractivity contribution is -0.0426. The number of hydrogen-bond donors (Lipinski definition) is 2. The molecule has 3 aliphatic rings. The highest BCUT2D eigenvalue weighted by Crippen LogP contribution is 2.38. The van der Waals surface area contributed by atoms with Crippen LogP contribution < -0.4 is 9.47 Å². The molecule has 3 aromatic rings. The molecule has 10 nitrogen and oxygen atoms in total. The lowest BCUT2D eigenvalue weighted by Gasteiger charge is -2.38. The Kier molecular flexibility index (Phi) is 18.5. The van der Waals surface area contributed by atoms with Gasteiger partial charge in [-0.25, -0.2) is 0 Å². The van der Waals surface area contributed by atoms with Gasteiger partial charge in [-0.15, -0.1) is 12.4 Å². The molecule has 0 radical (unpaired) electrons. The van der Waals surface area contributed by atoms with Crippen LogP contribution in [0.25, 0.3) is 0 Å². The molecule has 2 unspecified atom stereocenters. The van der Waals surface area contributed by atoms with Gasteiger partial charge in [0.1, 0.15) is 17.6 Å². The summed E-state index contributed by atoms with van der Waals surface area (Å²) in [6.07, 6.45) is 8.73. The maximum atomic E-state index is 8.74. The molecule has 2 atom stereocenters. The predicted octanol–water partition coefficient (Wildman–Crippen LogP) is 7.15. The highest BCUT2D eigenvalue weighted by molar-refractivity contribution is 7.79. The van der Waals surface area contributed by atoms with Gasteiger partial charge in [0, 0.05) is 31.7 Å². The second-order valence-corrected chi connectivity index (χ2v) is 13.7. The molecule has 278 valence electrons. The molecule has 2 N–H and O–H groups in total. The Balaban J connectivity index is 0.000000235. The van der Waals surface area contributed by atoms with E-state index < -0.39 is 10.4 Å². The Morgan fingerprint density at radius 3 is 1.70 bits per heavy atom. The number of halogens is 1. The van der Waals surface area contributed by atoms with Crippen molar-refractivity contribution in [3.8, 4) is 11.5 Å². The first-order chi connectivity index (χ1) is 23.7. The molecule has 0 spiro atoms. The predicted molar refractivity (Wildman–Crippen MR) is 199 cm³/mol. The second-order valence-electron chi connectivity index (χ2n) is 12.8. The SMILES string of the molecule is CCCCOc1ccc(OCCCN2CCOCC2)cc1.CN1C2CCC1CC(OC(c1ccccc1)c1ccccc1)C2.Cl.O=S(=O)(O)O. The fourth-order valence-electron chi connectivity index (χ4n) is 6.54. The van der Waals surface area contributed by atoms with E-state index in [2.05, 4.69) is 84.4 Å². The quantitative estimate of drug-likeness (QED) is 0.138. The Morgan fingerprint density at radius 1 is 0.780 bits per heavy atom. The van der Waals surface area contributed by atoms with Crippen molar-refractivity contribution in [2.75, 3.05) is 53.1 Å². The molecule has 3 aromatic carbocycles. The number of nitrogens with zero attached hydrogens (tertiary/aromatic N) is 2. The Morgan fingerprint density at radius 2 is 1.24 bits per heavy atom. The molecule has 0 aromatic heterocycles. The molecule has 3 fully saturated rings. The van der Waals surface area contributed by atoms with Gasteiger partial charge in [0.15, 0.2) is 0 Å². The topological polar surface area (TPSA) is 118 Å². The number of hydrogen-bond acceptors (Lipinski definition) is 8. The van der Waals surface area contributed by atoms with Gasteiger partial charge < -0.3 is 23.8 Å². The zero-order valence-corrected chi connectivity index (χ0v) is 31.0. The first-order valence-corrected chi connectivity index (χ1v) is 18.9. The minimum absolute atomic E-state index is 0. The van der Waals surface area contributed by atoms with Crippen LogP contribution in [-0.4, -0.2) is 98.6 Å². The summed E-state index contributed by atoms with van der Waals surface area (Å²) in [5.74, 6) is 1.84. The number of fused-ring (bicyclic) bond motifs is 2. The molecular weight excluding hydrogens is 680 g/mol. The fraction of sp³-hybridized carbons (Fsp3) is 0.526. The first-order valence-electron chi connectivity index (χ1n) is 17.5. The van der Waals surface area contributed by atoms with Crippen LogP contribution in [0.15, 0.2) is 84.9 Å². The number of morpholine rings is 1. The third kappa shape index (κ3) is 15.2. The molecule has 2 bridgehead atoms. The summed E-state index contributed by atoms with van der Waals surface area (Å²) in [7, 11) is -2.38. The van der Waals surface area contributed by atoms with Crippen LogP contribution in [0, 0.1) is 0 Å². The monoisotopic (exact) mass is 734 g/mol. The van der Waals surface area contributed by atoms with Crippen molar-refractivity contribution >= 4 is 22.8 Å². The molecule has 0 saturated carbocycles. The van der Waals surface area contributed by atoms with Crippen LogP contribution in [0.4, 0.5) is 0 Å². The van der Waals surface area contributed by atoms with Gasteiger partial charge in [-0.2, -0.15) is 8.42 Å². The standard InChI is InChI=1S/C21H25NO.C17H27NO3.ClH.H2O4S/c1-22-18-12-13-19(22)15-20(14-18)23-21(16-8-4-2-5-9-16)17-10-6-3-7-11-17;1-2-3-12-20-16-5-7-17(8-6-16)21-13-4-9-18-10-14-19-15-11-18;;1-5(2,3)4/h2-11,18-21H,12-15H2,1H3;5-8H,2-4,9-15H2,1H3;1H;(H2,1,2,3,4). The fourth-order valence-corrected chi connectivity index (χ4v) is 6.54. The average molecular weight is 735 g/mol. The second kappa shape index (κ2) is 22.3. The third-order valence-electron chi connectivity index (χ3n) is 9.17. The summed E-state index contributed by atoms with van der Waals surface area (Å²) < 4.78 is 55.0. The zero-order chi connectivity index (χ0) is 34.9. The van der Waals surface area contributed by atoms with Crippen molar-refractivity contribution in [3.63, 3.8) is 0 Å². The maximum absolute atomic E-state index is 8.74. The van der Waals surface area contributed by atoms with Gasteiger partial charge in [0.05, 0.1) is 32.5 Å². The lowest BCUT2D eigenvalue weighted by atomic mass is 9.97. The smallest absolute Gasteiger partial charge is 0.394 e. The summed E-state index contributed by atoms with van der Waals surface area (Å²) in [4.78, 5) is 5.00. The van der Waals surface area contributed by atoms with Crippen LogP contribution in [0.5, 0.6) is 11.5 Å². The molecule has 6 rings (SSSR count). The van der Waals surface area contributed by atoms with Crippen molar-refractivity contribution in [3.05, 3.63) is 96.1 Å². The van der Waals surface area contributed by atoms with E-state index in [-0.39, 0.29) is 18.5 Å². The number of piperidine rings is 1. The number of unbranched alkanes of at least 4 members (excludes halogenated alkanes) is 1. The van der Waals surface area contributed by atoms with E-state index in [1.165, 1.54) is 36.8 Å². The molecule has 50 heavy (non-hydrogen) atoms. The average Bonchev–Trinajstić information content (AvgIpc) is 3.30. The van der Waals surface area contributed by atoms with E-state index in [0.717, 1.165) is 76.8 Å². The highest BCUT2D eigenvalue weighted by Gasteiger charge is 2.39. The highest BCUT2D eigenvalue weighted by atomic mass is 35.5. The van der Waals surface area contributed by atoms with Gasteiger partial charge in [0.2, 0.25) is 0 Å². The van der Waals surface area contributed by atoms with Gasteiger partial charge in [-0.1, -0.05) is 74.0 Å². The number of ether oxygens (including phenoxy) is 4. The number of benzene rings is 3. The molecule has 0 aliphatic carbocycles. The van der Waals surface area contributed by atoms with E-state index in [1.807, 2.05) is 24.3 Å². The van der Waals surface area contributed by atoms with E-state index in [1.54, 1.807) is 0 Å². The summed E-state index contributed by atoms with van der Waals surface area (Å²) in [6, 6.07) is 30.6. The van der Waals surface area contributed by atoms with Gasteiger partial charge in [0.25, 0.3) is 0 Å². The third-order valence-corrected chi connectivity index (χ3v) is 9.17. The summed E-state index contributed by atoms with van der Waals surface area (Å²) in [6.45, 7) is 8.61. The van der Waals surface area contributed by atoms with Crippen molar-refractivity contribution in [2.45, 2.75) is 76.2 Å². The molecular formula is C38H55ClN2O8S. The maximum Gasteiger partial charge on any atom is 0.394 e. The summed E-state index contributed by atoms with van der Waals surface area (Å²) >= 11 is 0. The summed E-state index contributed by atoms with van der Waals surface area (Å²) in [5, 5.41) is 0. The Labute approximate surface area is 305 Å².